The van der Waals surface area contributed by atoms with Crippen molar-refractivity contribution in [2.45, 2.75) is 19.3 Å². The third kappa shape index (κ3) is 7.38. The van der Waals surface area contributed by atoms with Gasteiger partial charge in [0.2, 0.25) is 0 Å². The summed E-state index contributed by atoms with van der Waals surface area (Å²) >= 11 is 3.76. The molecule has 1 aliphatic carbocycles. The van der Waals surface area contributed by atoms with Gasteiger partial charge in [0.05, 0.1) is 33.6 Å². The van der Waals surface area contributed by atoms with E-state index in [0.29, 0.717) is 0 Å². The Morgan fingerprint density at radius 3 is 1.51 bits per heavy atom. The number of furan rings is 2. The summed E-state index contributed by atoms with van der Waals surface area (Å²) < 4.78 is 21.7. The van der Waals surface area contributed by atoms with Gasteiger partial charge in [-0.15, -0.1) is 22.7 Å². The summed E-state index contributed by atoms with van der Waals surface area (Å²) in [5, 5.41) is 22.0. The molecule has 6 heterocycles. The Morgan fingerprint density at radius 1 is 0.320 bits per heavy atom. The number of para-hydroxylation sites is 4. The van der Waals surface area contributed by atoms with Crippen molar-refractivity contribution in [3.63, 3.8) is 0 Å². The first kappa shape index (κ1) is 54.8. The normalized spacial score (nSPS) is 13.2. The quantitative estimate of drug-likeness (QED) is 0.159. The molecule has 0 bridgehead atoms. The summed E-state index contributed by atoms with van der Waals surface area (Å²) in [5.41, 5.74) is 20.5. The number of aromatic nitrogens is 1. The monoisotopic (exact) mass is 1310 g/mol. The fraction of sp³-hybridized carbons (Fsp3) is 0.0323. The minimum atomic E-state index is -0.392. The van der Waals surface area contributed by atoms with Crippen LogP contribution in [0.4, 0.5) is 34.1 Å². The van der Waals surface area contributed by atoms with Crippen molar-refractivity contribution in [1.29, 1.82) is 0 Å². The zero-order valence-corrected chi connectivity index (χ0v) is 55.9. The number of hydrogen-bond donors (Lipinski definition) is 0. The highest BCUT2D eigenvalue weighted by Crippen LogP contribution is 2.57. The number of thiophene rings is 2. The molecular weight excluding hydrogens is 1260 g/mol. The Kier molecular flexibility index (Phi) is 10.9. The Labute approximate surface area is 580 Å². The predicted molar refractivity (Wildman–Crippen MR) is 426 cm³/mol. The molecule has 0 spiro atoms. The van der Waals surface area contributed by atoms with E-state index in [-0.39, 0.29) is 0 Å². The third-order valence-electron chi connectivity index (χ3n) is 22.2. The van der Waals surface area contributed by atoms with Crippen LogP contribution in [-0.2, 0) is 5.41 Å². The highest BCUT2D eigenvalue weighted by atomic mass is 32.1. The maximum atomic E-state index is 7.05. The topological polar surface area (TPSA) is 37.2 Å². The summed E-state index contributed by atoms with van der Waals surface area (Å²) in [6, 6.07) is 111. The molecule has 5 nitrogen and oxygen atoms in total. The number of hydrogen-bond acceptors (Lipinski definition) is 6. The molecule has 0 unspecified atom stereocenters. The van der Waals surface area contributed by atoms with Crippen LogP contribution in [0, 0.1) is 0 Å². The maximum absolute atomic E-state index is 7.05. The molecule has 7 heteroatoms. The largest absolute Gasteiger partial charge is 0.454 e. The Hall–Kier alpha value is -12.3. The lowest BCUT2D eigenvalue weighted by Gasteiger charge is -2.28. The van der Waals surface area contributed by atoms with Crippen molar-refractivity contribution in [2.75, 3.05) is 9.80 Å². The Balaban J connectivity index is 0.734. The first-order valence-electron chi connectivity index (χ1n) is 34.4. The minimum absolute atomic E-state index is 0.392. The molecule has 16 aromatic carbocycles. The molecular formula is C93H55N3O2S2. The molecule has 1 aliphatic rings. The fourth-order valence-electron chi connectivity index (χ4n) is 17.8. The number of benzene rings is 16. The van der Waals surface area contributed by atoms with Crippen LogP contribution in [0.5, 0.6) is 0 Å². The average Bonchev–Trinajstić information content (AvgIpc) is 1.52. The predicted octanol–water partition coefficient (Wildman–Crippen LogP) is 27.7. The van der Waals surface area contributed by atoms with Gasteiger partial charge in [-0.1, -0.05) is 226 Å². The Morgan fingerprint density at radius 2 is 0.840 bits per heavy atom. The summed E-state index contributed by atoms with van der Waals surface area (Å²) in [7, 11) is 0. The van der Waals surface area contributed by atoms with Crippen LogP contribution in [-0.4, -0.2) is 4.40 Å². The van der Waals surface area contributed by atoms with Crippen LogP contribution < -0.4 is 9.80 Å². The second kappa shape index (κ2) is 20.0. The van der Waals surface area contributed by atoms with E-state index in [1.54, 1.807) is 0 Å². The van der Waals surface area contributed by atoms with Gasteiger partial charge in [0.1, 0.15) is 11.2 Å². The van der Waals surface area contributed by atoms with Crippen molar-refractivity contribution in [3.05, 3.63) is 308 Å². The molecule has 466 valence electrons. The van der Waals surface area contributed by atoms with Crippen molar-refractivity contribution < 1.29 is 8.83 Å². The number of fused-ring (bicyclic) bond motifs is 28. The summed E-state index contributed by atoms with van der Waals surface area (Å²) in [5.74, 6) is 0. The van der Waals surface area contributed by atoms with Crippen LogP contribution in [0.1, 0.15) is 25.0 Å². The van der Waals surface area contributed by atoms with Crippen LogP contribution >= 0.6 is 22.7 Å². The number of anilines is 6. The zero-order valence-electron chi connectivity index (χ0n) is 54.3. The molecule has 0 amide bonds. The van der Waals surface area contributed by atoms with E-state index in [0.717, 1.165) is 78.0 Å². The van der Waals surface area contributed by atoms with E-state index in [1.807, 2.05) is 22.7 Å². The molecule has 22 aromatic rings. The smallest absolute Gasteiger partial charge is 0.159 e. The van der Waals surface area contributed by atoms with Gasteiger partial charge < -0.3 is 23.0 Å². The van der Waals surface area contributed by atoms with Crippen molar-refractivity contribution in [1.82, 2.24) is 4.40 Å². The first-order valence-corrected chi connectivity index (χ1v) is 36.0. The molecule has 0 fully saturated rings. The number of rotatable bonds is 7. The molecule has 100 heavy (non-hydrogen) atoms. The zero-order chi connectivity index (χ0) is 65.4. The van der Waals surface area contributed by atoms with Gasteiger partial charge in [0.15, 0.2) is 11.2 Å². The van der Waals surface area contributed by atoms with Crippen molar-refractivity contribution >= 4 is 211 Å². The SMILES string of the molecule is CC1(C)c2cc(N(c3ccc4c(c3)sc3c5ccccc5ccc43)c3cccc4c3oc3ccccc34)ccc2-c2ccc3c(ccc4c3c3ccc(N(c5ccc6c(c5)sc5c7ccccc7ccc65)c5cccc6c5oc5ccccc56)c5c6cc(-c7ccccc7)ccc6n4c35)c21. The van der Waals surface area contributed by atoms with Gasteiger partial charge >= 0.3 is 0 Å². The standard InChI is InChI=1S/C93H55N3O2S2/c1-93(2)75-49-56(94(79-26-14-24-69-62-22-10-12-28-81(62)97-89(69)79)57-34-39-64-71-36-30-53-18-6-8-20-59(53)91(71)99-83(64)50-57)33-38-61(75)67-42-41-66-68(87(67)93)43-46-77-85(66)73-44-47-78(86-74-48-55(52-16-4-3-5-17-52)32-45-76(74)96(77)88(73)86)95(80-27-15-25-70-63-23-11-13-29-82(63)98-90(70)80)58-35-40-65-72-37-31-54-19-7-9-21-60(54)92(72)100-84(65)51-58/h3-51H,1-2H3. The van der Waals surface area contributed by atoms with Crippen molar-refractivity contribution in [3.8, 4) is 22.3 Å². The average molecular weight is 1310 g/mol. The lowest BCUT2D eigenvalue weighted by Crippen LogP contribution is -2.17. The molecule has 0 saturated carbocycles. The summed E-state index contributed by atoms with van der Waals surface area (Å²) in [6.45, 7) is 4.88. The summed E-state index contributed by atoms with van der Waals surface area (Å²) in [4.78, 5) is 4.94. The van der Waals surface area contributed by atoms with Crippen LogP contribution in [0.2, 0.25) is 0 Å². The van der Waals surface area contributed by atoms with E-state index in [2.05, 4.69) is 325 Å². The molecule has 0 radical (unpaired) electrons. The van der Waals surface area contributed by atoms with Gasteiger partial charge in [0.25, 0.3) is 0 Å². The molecule has 23 rings (SSSR count). The molecule has 6 aromatic heterocycles. The molecule has 0 saturated heterocycles. The number of nitrogens with zero attached hydrogens (tertiary/aromatic N) is 3. The molecule has 0 atom stereocenters. The van der Waals surface area contributed by atoms with Gasteiger partial charge in [-0.25, -0.2) is 0 Å². The molecule has 0 aliphatic heterocycles. The first-order chi connectivity index (χ1) is 49.3. The van der Waals surface area contributed by atoms with Gasteiger partial charge in [-0.05, 0) is 151 Å². The minimum Gasteiger partial charge on any atom is -0.454 e. The Bertz CT molecular complexity index is 7350. The highest BCUT2D eigenvalue weighted by molar-refractivity contribution is 7.27. The van der Waals surface area contributed by atoms with Gasteiger partial charge in [-0.2, -0.15) is 0 Å². The lowest BCUT2D eigenvalue weighted by atomic mass is 9.79. The van der Waals surface area contributed by atoms with Crippen LogP contribution in [0.25, 0.3) is 177 Å². The fourth-order valence-corrected chi connectivity index (χ4v) is 20.4. The molecule has 0 N–H and O–H groups in total. The van der Waals surface area contributed by atoms with Gasteiger partial charge in [-0.3, -0.25) is 0 Å². The highest BCUT2D eigenvalue weighted by Gasteiger charge is 2.39. The summed E-state index contributed by atoms with van der Waals surface area (Å²) in [6.07, 6.45) is 0. The second-order valence-corrected chi connectivity index (χ2v) is 29.9. The van der Waals surface area contributed by atoms with E-state index in [1.165, 1.54) is 144 Å². The second-order valence-electron chi connectivity index (χ2n) is 27.8. The van der Waals surface area contributed by atoms with E-state index < -0.39 is 5.41 Å². The van der Waals surface area contributed by atoms with Gasteiger partial charge in [0, 0.05) is 106 Å². The maximum Gasteiger partial charge on any atom is 0.159 e. The van der Waals surface area contributed by atoms with E-state index in [4.69, 9.17) is 8.83 Å². The van der Waals surface area contributed by atoms with E-state index in [9.17, 15) is 0 Å². The van der Waals surface area contributed by atoms with E-state index >= 15 is 0 Å². The van der Waals surface area contributed by atoms with Crippen LogP contribution in [0.15, 0.2) is 306 Å². The van der Waals surface area contributed by atoms with Crippen LogP contribution in [0.3, 0.4) is 0 Å². The van der Waals surface area contributed by atoms with Crippen molar-refractivity contribution in [2.24, 2.45) is 0 Å². The lowest BCUT2D eigenvalue weighted by molar-refractivity contribution is 0.666. The third-order valence-corrected chi connectivity index (χ3v) is 24.6.